The van der Waals surface area contributed by atoms with Gasteiger partial charge in [-0.3, -0.25) is 9.59 Å². The number of esters is 1. The Hall–Kier alpha value is -1.36. The van der Waals surface area contributed by atoms with Crippen LogP contribution in [0.3, 0.4) is 0 Å². The fourth-order valence-electron chi connectivity index (χ4n) is 11.9. The number of aliphatic hydroxyl groups is 1. The molecule has 5 aliphatic carbocycles. The first-order valence-corrected chi connectivity index (χ1v) is 14.8. The van der Waals surface area contributed by atoms with E-state index in [1.165, 1.54) is 6.92 Å². The Bertz CT molecular complexity index is 1000. The summed E-state index contributed by atoms with van der Waals surface area (Å²) in [6, 6.07) is 0. The zero-order chi connectivity index (χ0) is 27.3. The quantitative estimate of drug-likeness (QED) is 0.326. The molecular formula is C32H50O5. The molecule has 0 spiro atoms. The number of carboxylic acid groups (broad SMARTS) is 1. The molecule has 37 heavy (non-hydrogen) atoms. The van der Waals surface area contributed by atoms with Crippen LogP contribution in [0.1, 0.15) is 106 Å². The number of allylic oxidation sites excluding steroid dienone is 1. The van der Waals surface area contributed by atoms with E-state index in [2.05, 4.69) is 48.1 Å². The van der Waals surface area contributed by atoms with E-state index < -0.39 is 23.6 Å². The number of aliphatic carboxylic acids is 1. The first-order chi connectivity index (χ1) is 17.1. The van der Waals surface area contributed by atoms with E-state index in [0.717, 1.165) is 56.9 Å². The number of fused-ring (bicyclic) bond motifs is 7. The van der Waals surface area contributed by atoms with Crippen LogP contribution in [-0.4, -0.2) is 34.4 Å². The minimum atomic E-state index is -0.661. The minimum absolute atomic E-state index is 0.0470. The molecule has 5 fully saturated rings. The maximum atomic E-state index is 12.8. The van der Waals surface area contributed by atoms with Gasteiger partial charge in [0.05, 0.1) is 11.5 Å². The second-order valence-electron chi connectivity index (χ2n) is 15.3. The van der Waals surface area contributed by atoms with Gasteiger partial charge in [0.25, 0.3) is 0 Å². The first kappa shape index (κ1) is 27.2. The van der Waals surface area contributed by atoms with E-state index in [-0.39, 0.29) is 33.5 Å². The van der Waals surface area contributed by atoms with Crippen molar-refractivity contribution in [3.05, 3.63) is 12.2 Å². The number of hydrogen-bond donors (Lipinski definition) is 2. The smallest absolute Gasteiger partial charge is 0.309 e. The summed E-state index contributed by atoms with van der Waals surface area (Å²) in [5, 5.41) is 21.9. The van der Waals surface area contributed by atoms with Crippen molar-refractivity contribution in [2.45, 2.75) is 118 Å². The van der Waals surface area contributed by atoms with E-state index in [4.69, 9.17) is 4.74 Å². The van der Waals surface area contributed by atoms with Gasteiger partial charge in [0, 0.05) is 6.92 Å². The second-order valence-corrected chi connectivity index (χ2v) is 15.3. The standard InChI is InChI=1S/C32H50O5/c1-18(2)20-11-14-32(27(35)36)16-15-30(7)21(25(20)32)9-10-24-29(6)17-22(37-19(3)33)26(34)28(4,5)23(29)12-13-31(24,30)8/h20-26,34H,1,9-17H2,2-8H3,(H,35,36)/t20-,21+,22+,23-,24+,25+,26-,29-,30+,31+,32-/m0/s1. The van der Waals surface area contributed by atoms with Gasteiger partial charge >= 0.3 is 11.9 Å². The van der Waals surface area contributed by atoms with Crippen LogP contribution in [0.15, 0.2) is 12.2 Å². The highest BCUT2D eigenvalue weighted by Crippen LogP contribution is 2.77. The van der Waals surface area contributed by atoms with Crippen LogP contribution in [-0.2, 0) is 14.3 Å². The first-order valence-electron chi connectivity index (χ1n) is 14.8. The summed E-state index contributed by atoms with van der Waals surface area (Å²) in [6.45, 7) is 19.7. The van der Waals surface area contributed by atoms with Crippen LogP contribution in [0.5, 0.6) is 0 Å². The SMILES string of the molecule is C=C(C)[C@@H]1CC[C@]2(C(=O)O)CC[C@]3(C)[C@H](CC[C@@H]4[C@@]5(C)C[C@@H](OC(C)=O)[C@H](O)C(C)(C)[C@@H]5CC[C@]43C)[C@@H]12. The molecule has 0 bridgehead atoms. The van der Waals surface area contributed by atoms with Gasteiger partial charge in [-0.05, 0) is 116 Å². The predicted molar refractivity (Wildman–Crippen MR) is 144 cm³/mol. The molecule has 0 radical (unpaired) electrons. The van der Waals surface area contributed by atoms with Crippen molar-refractivity contribution in [1.29, 1.82) is 0 Å². The van der Waals surface area contributed by atoms with Crippen LogP contribution in [0.4, 0.5) is 0 Å². The number of aliphatic hydroxyl groups excluding tert-OH is 1. The van der Waals surface area contributed by atoms with Crippen LogP contribution >= 0.6 is 0 Å². The summed E-state index contributed by atoms with van der Waals surface area (Å²) in [7, 11) is 0. The number of carbonyl (C=O) groups excluding carboxylic acids is 1. The summed E-state index contributed by atoms with van der Waals surface area (Å²) < 4.78 is 5.77. The van der Waals surface area contributed by atoms with Crippen molar-refractivity contribution >= 4 is 11.9 Å². The highest BCUT2D eigenvalue weighted by Gasteiger charge is 2.72. The summed E-state index contributed by atoms with van der Waals surface area (Å²) >= 11 is 0. The largest absolute Gasteiger partial charge is 0.481 e. The molecule has 5 saturated carbocycles. The van der Waals surface area contributed by atoms with Crippen LogP contribution < -0.4 is 0 Å². The lowest BCUT2D eigenvalue weighted by molar-refractivity contribution is -0.265. The second kappa shape index (κ2) is 8.32. The lowest BCUT2D eigenvalue weighted by Gasteiger charge is -2.73. The van der Waals surface area contributed by atoms with Gasteiger partial charge in [-0.25, -0.2) is 0 Å². The molecule has 0 aromatic heterocycles. The van der Waals surface area contributed by atoms with Crippen molar-refractivity contribution in [2.75, 3.05) is 0 Å². The molecule has 0 amide bonds. The lowest BCUT2D eigenvalue weighted by Crippen LogP contribution is -2.68. The number of rotatable bonds is 3. The third-order valence-electron chi connectivity index (χ3n) is 13.7. The Balaban J connectivity index is 1.56. The van der Waals surface area contributed by atoms with Gasteiger partial charge in [-0.2, -0.15) is 0 Å². The Morgan fingerprint density at radius 2 is 1.54 bits per heavy atom. The van der Waals surface area contributed by atoms with Crippen molar-refractivity contribution in [1.82, 2.24) is 0 Å². The maximum absolute atomic E-state index is 12.8. The van der Waals surface area contributed by atoms with Gasteiger partial charge < -0.3 is 14.9 Å². The Labute approximate surface area is 223 Å². The van der Waals surface area contributed by atoms with E-state index in [9.17, 15) is 19.8 Å². The Morgan fingerprint density at radius 3 is 2.14 bits per heavy atom. The van der Waals surface area contributed by atoms with E-state index in [0.29, 0.717) is 30.1 Å². The summed E-state index contributed by atoms with van der Waals surface area (Å²) in [5.41, 5.74) is 0.306. The zero-order valence-corrected chi connectivity index (χ0v) is 24.2. The predicted octanol–water partition coefficient (Wildman–Crippen LogP) is 6.63. The molecule has 0 aliphatic heterocycles. The average molecular weight is 515 g/mol. The van der Waals surface area contributed by atoms with Gasteiger partial charge in [0.1, 0.15) is 6.10 Å². The van der Waals surface area contributed by atoms with E-state index in [1.54, 1.807) is 0 Å². The van der Waals surface area contributed by atoms with Crippen LogP contribution in [0.2, 0.25) is 0 Å². The average Bonchev–Trinajstić information content (AvgIpc) is 3.19. The normalized spacial score (nSPS) is 52.2. The summed E-state index contributed by atoms with van der Waals surface area (Å²) in [5.74, 6) is 0.754. The fourth-order valence-corrected chi connectivity index (χ4v) is 11.9. The molecule has 5 heteroatoms. The molecular weight excluding hydrogens is 464 g/mol. The van der Waals surface area contributed by atoms with Gasteiger partial charge in [0.15, 0.2) is 0 Å². The highest BCUT2D eigenvalue weighted by molar-refractivity contribution is 5.76. The molecule has 2 N–H and O–H groups in total. The number of ether oxygens (including phenoxy) is 1. The summed E-state index contributed by atoms with van der Waals surface area (Å²) in [4.78, 5) is 24.8. The van der Waals surface area contributed by atoms with Gasteiger partial charge in [-0.15, -0.1) is 0 Å². The van der Waals surface area contributed by atoms with Gasteiger partial charge in [-0.1, -0.05) is 46.8 Å². The maximum Gasteiger partial charge on any atom is 0.309 e. The molecule has 0 aromatic rings. The molecule has 5 rings (SSSR count). The molecule has 5 aliphatic rings. The van der Waals surface area contributed by atoms with Crippen molar-refractivity contribution in [3.63, 3.8) is 0 Å². The van der Waals surface area contributed by atoms with E-state index >= 15 is 0 Å². The van der Waals surface area contributed by atoms with Gasteiger partial charge in [0.2, 0.25) is 0 Å². The minimum Gasteiger partial charge on any atom is -0.481 e. The topological polar surface area (TPSA) is 83.8 Å². The molecule has 0 aromatic carbocycles. The molecule has 208 valence electrons. The molecule has 0 unspecified atom stereocenters. The molecule has 11 atom stereocenters. The van der Waals surface area contributed by atoms with Crippen LogP contribution in [0.25, 0.3) is 0 Å². The third kappa shape index (κ3) is 3.37. The summed E-state index contributed by atoms with van der Waals surface area (Å²) in [6.07, 6.45) is 7.36. The Kier molecular flexibility index (Phi) is 6.12. The van der Waals surface area contributed by atoms with E-state index in [1.807, 2.05) is 0 Å². The number of carbonyl (C=O) groups is 2. The molecule has 5 nitrogen and oxygen atoms in total. The fraction of sp³-hybridized carbons (Fsp3) is 0.875. The van der Waals surface area contributed by atoms with Crippen molar-refractivity contribution in [3.8, 4) is 0 Å². The number of hydrogen-bond acceptors (Lipinski definition) is 4. The zero-order valence-electron chi connectivity index (χ0n) is 24.2. The molecule has 0 saturated heterocycles. The van der Waals surface area contributed by atoms with Crippen molar-refractivity contribution in [2.24, 2.45) is 56.7 Å². The lowest BCUT2D eigenvalue weighted by atomic mass is 9.32. The monoisotopic (exact) mass is 514 g/mol. The number of carboxylic acids is 1. The highest BCUT2D eigenvalue weighted by atomic mass is 16.6. The Morgan fingerprint density at radius 1 is 0.865 bits per heavy atom. The third-order valence-corrected chi connectivity index (χ3v) is 13.7. The molecule has 0 heterocycles. The van der Waals surface area contributed by atoms with Crippen LogP contribution in [0, 0.1) is 56.7 Å². The van der Waals surface area contributed by atoms with Crippen molar-refractivity contribution < 1.29 is 24.5 Å².